The number of pyridine rings is 1. The number of amides is 1. The minimum Gasteiger partial charge on any atom is -0.494 e. The molecule has 0 fully saturated rings. The van der Waals surface area contributed by atoms with E-state index in [1.165, 1.54) is 13.2 Å². The first kappa shape index (κ1) is 17.8. The molecule has 1 aromatic carbocycles. The standard InChI is InChI=1S/C19H21FN4O2/c1-10-8-14(17-12(3)23-24(4)18(17)21-10)19(25)22-11(2)13-6-7-16(26-5)15(20)9-13/h6-9,11H,1-5H3,(H,22,25)/t11-/m0/s1. The third kappa shape index (κ3) is 3.12. The predicted molar refractivity (Wildman–Crippen MR) is 96.8 cm³/mol. The lowest BCUT2D eigenvalue weighted by molar-refractivity contribution is 0.0941. The molecule has 0 unspecified atom stereocenters. The molecule has 0 spiro atoms. The Hall–Kier alpha value is -2.96. The Morgan fingerprint density at radius 3 is 2.69 bits per heavy atom. The van der Waals surface area contributed by atoms with Gasteiger partial charge in [0.25, 0.3) is 5.91 Å². The van der Waals surface area contributed by atoms with Gasteiger partial charge in [-0.3, -0.25) is 9.48 Å². The quantitative estimate of drug-likeness (QED) is 0.779. The highest BCUT2D eigenvalue weighted by atomic mass is 19.1. The van der Waals surface area contributed by atoms with E-state index in [9.17, 15) is 9.18 Å². The number of rotatable bonds is 4. The second-order valence-electron chi connectivity index (χ2n) is 6.31. The largest absolute Gasteiger partial charge is 0.494 e. The number of carbonyl (C=O) groups excluding carboxylic acids is 1. The number of nitrogens with one attached hydrogen (secondary N) is 1. The summed E-state index contributed by atoms with van der Waals surface area (Å²) in [6, 6.07) is 6.02. The Kier molecular flexibility index (Phi) is 4.63. The van der Waals surface area contributed by atoms with Gasteiger partial charge in [0, 0.05) is 12.7 Å². The number of nitrogens with zero attached hydrogens (tertiary/aromatic N) is 3. The summed E-state index contributed by atoms with van der Waals surface area (Å²) >= 11 is 0. The molecule has 0 aliphatic carbocycles. The lowest BCUT2D eigenvalue weighted by Crippen LogP contribution is -2.27. The van der Waals surface area contributed by atoms with Crippen molar-refractivity contribution >= 4 is 16.9 Å². The molecule has 0 aliphatic heterocycles. The van der Waals surface area contributed by atoms with Crippen molar-refractivity contribution in [1.29, 1.82) is 0 Å². The summed E-state index contributed by atoms with van der Waals surface area (Å²) in [5.41, 5.74) is 3.30. The Labute approximate surface area is 151 Å². The van der Waals surface area contributed by atoms with E-state index in [1.54, 1.807) is 36.9 Å². The lowest BCUT2D eigenvalue weighted by atomic mass is 10.1. The average Bonchev–Trinajstić information content (AvgIpc) is 2.88. The highest BCUT2D eigenvalue weighted by molar-refractivity contribution is 6.06. The number of aryl methyl sites for hydroxylation is 3. The molecule has 7 heteroatoms. The van der Waals surface area contributed by atoms with Crippen LogP contribution in [0.2, 0.25) is 0 Å². The van der Waals surface area contributed by atoms with E-state index in [0.29, 0.717) is 16.8 Å². The highest BCUT2D eigenvalue weighted by Gasteiger charge is 2.20. The summed E-state index contributed by atoms with van der Waals surface area (Å²) in [5.74, 6) is -0.540. The maximum Gasteiger partial charge on any atom is 0.252 e. The van der Waals surface area contributed by atoms with Gasteiger partial charge in [0.1, 0.15) is 0 Å². The first-order chi connectivity index (χ1) is 12.3. The zero-order valence-electron chi connectivity index (χ0n) is 15.4. The van der Waals surface area contributed by atoms with Crippen molar-refractivity contribution in [2.24, 2.45) is 7.05 Å². The molecule has 6 nitrogen and oxygen atoms in total. The van der Waals surface area contributed by atoms with Crippen molar-refractivity contribution in [3.63, 3.8) is 0 Å². The Bertz CT molecular complexity index is 997. The van der Waals surface area contributed by atoms with Gasteiger partial charge in [0.2, 0.25) is 0 Å². The molecule has 0 bridgehead atoms. The van der Waals surface area contributed by atoms with E-state index in [4.69, 9.17) is 4.74 Å². The van der Waals surface area contributed by atoms with Crippen LogP contribution in [0, 0.1) is 19.7 Å². The number of halogens is 1. The molecular weight excluding hydrogens is 335 g/mol. The topological polar surface area (TPSA) is 69.0 Å². The molecule has 26 heavy (non-hydrogen) atoms. The fraction of sp³-hybridized carbons (Fsp3) is 0.316. The molecule has 2 aromatic heterocycles. The average molecular weight is 356 g/mol. The van der Waals surface area contributed by atoms with Gasteiger partial charge < -0.3 is 10.1 Å². The highest BCUT2D eigenvalue weighted by Crippen LogP contribution is 2.24. The van der Waals surface area contributed by atoms with Crippen LogP contribution < -0.4 is 10.1 Å². The number of aromatic nitrogens is 3. The maximum atomic E-state index is 13.9. The van der Waals surface area contributed by atoms with Crippen molar-refractivity contribution in [1.82, 2.24) is 20.1 Å². The summed E-state index contributed by atoms with van der Waals surface area (Å²) in [7, 11) is 3.21. The fourth-order valence-corrected chi connectivity index (χ4v) is 3.06. The van der Waals surface area contributed by atoms with Crippen LogP contribution in [0.5, 0.6) is 5.75 Å². The molecule has 3 rings (SSSR count). The van der Waals surface area contributed by atoms with Crippen LogP contribution in [0.25, 0.3) is 11.0 Å². The Morgan fingerprint density at radius 1 is 1.31 bits per heavy atom. The zero-order valence-corrected chi connectivity index (χ0v) is 15.4. The number of ether oxygens (including phenoxy) is 1. The molecule has 3 aromatic rings. The summed E-state index contributed by atoms with van der Waals surface area (Å²) in [4.78, 5) is 17.3. The minimum atomic E-state index is -0.462. The molecule has 1 N–H and O–H groups in total. The van der Waals surface area contributed by atoms with Crippen molar-refractivity contribution in [3.8, 4) is 5.75 Å². The molecular formula is C19H21FN4O2. The smallest absolute Gasteiger partial charge is 0.252 e. The van der Waals surface area contributed by atoms with Crippen molar-refractivity contribution in [2.75, 3.05) is 7.11 Å². The predicted octanol–water partition coefficient (Wildman–Crippen LogP) is 3.22. The second-order valence-corrected chi connectivity index (χ2v) is 6.31. The van der Waals surface area contributed by atoms with Crippen LogP contribution in [0.15, 0.2) is 24.3 Å². The van der Waals surface area contributed by atoms with E-state index in [1.807, 2.05) is 13.8 Å². The summed E-state index contributed by atoms with van der Waals surface area (Å²) in [6.07, 6.45) is 0. The summed E-state index contributed by atoms with van der Waals surface area (Å²) < 4.78 is 20.5. The normalized spacial score (nSPS) is 12.2. The van der Waals surface area contributed by atoms with E-state index in [-0.39, 0.29) is 17.7 Å². The molecule has 0 saturated carbocycles. The van der Waals surface area contributed by atoms with Gasteiger partial charge in [0.05, 0.1) is 29.8 Å². The molecule has 2 heterocycles. The number of methoxy groups -OCH3 is 1. The van der Waals surface area contributed by atoms with Crippen molar-refractivity contribution in [3.05, 3.63) is 52.6 Å². The van der Waals surface area contributed by atoms with Gasteiger partial charge in [-0.2, -0.15) is 5.10 Å². The fourth-order valence-electron chi connectivity index (χ4n) is 3.06. The lowest BCUT2D eigenvalue weighted by Gasteiger charge is -2.16. The van der Waals surface area contributed by atoms with Gasteiger partial charge in [-0.25, -0.2) is 9.37 Å². The molecule has 136 valence electrons. The molecule has 0 radical (unpaired) electrons. The van der Waals surface area contributed by atoms with Gasteiger partial charge in [-0.05, 0) is 44.5 Å². The minimum absolute atomic E-state index is 0.171. The number of hydrogen-bond donors (Lipinski definition) is 1. The van der Waals surface area contributed by atoms with Crippen molar-refractivity contribution < 1.29 is 13.9 Å². The monoisotopic (exact) mass is 356 g/mol. The molecule has 1 atom stereocenters. The number of fused-ring (bicyclic) bond motifs is 1. The number of hydrogen-bond acceptors (Lipinski definition) is 4. The van der Waals surface area contributed by atoms with Crippen LogP contribution >= 0.6 is 0 Å². The number of carbonyl (C=O) groups is 1. The molecule has 1 amide bonds. The maximum absolute atomic E-state index is 13.9. The van der Waals surface area contributed by atoms with Crippen LogP contribution in [-0.4, -0.2) is 27.8 Å². The van der Waals surface area contributed by atoms with Crippen LogP contribution in [-0.2, 0) is 7.05 Å². The zero-order chi connectivity index (χ0) is 19.0. The summed E-state index contributed by atoms with van der Waals surface area (Å²) in [6.45, 7) is 5.49. The van der Waals surface area contributed by atoms with Crippen LogP contribution in [0.1, 0.15) is 40.3 Å². The van der Waals surface area contributed by atoms with E-state index >= 15 is 0 Å². The molecule has 0 saturated heterocycles. The third-order valence-corrected chi connectivity index (χ3v) is 4.36. The SMILES string of the molecule is COc1ccc([C@H](C)NC(=O)c2cc(C)nc3c2c(C)nn3C)cc1F. The Balaban J connectivity index is 1.93. The first-order valence-electron chi connectivity index (χ1n) is 8.27. The van der Waals surface area contributed by atoms with E-state index in [2.05, 4.69) is 15.4 Å². The van der Waals surface area contributed by atoms with Gasteiger partial charge >= 0.3 is 0 Å². The second kappa shape index (κ2) is 6.74. The van der Waals surface area contributed by atoms with E-state index in [0.717, 1.165) is 16.8 Å². The summed E-state index contributed by atoms with van der Waals surface area (Å²) in [5, 5.41) is 8.00. The van der Waals surface area contributed by atoms with Gasteiger partial charge in [-0.1, -0.05) is 6.07 Å². The Morgan fingerprint density at radius 2 is 2.04 bits per heavy atom. The van der Waals surface area contributed by atoms with Gasteiger partial charge in [-0.15, -0.1) is 0 Å². The van der Waals surface area contributed by atoms with Crippen LogP contribution in [0.4, 0.5) is 4.39 Å². The van der Waals surface area contributed by atoms with E-state index < -0.39 is 5.82 Å². The van der Waals surface area contributed by atoms with Crippen molar-refractivity contribution in [2.45, 2.75) is 26.8 Å². The first-order valence-corrected chi connectivity index (χ1v) is 8.27. The molecule has 0 aliphatic rings. The third-order valence-electron chi connectivity index (χ3n) is 4.36. The number of benzene rings is 1. The van der Waals surface area contributed by atoms with Crippen LogP contribution in [0.3, 0.4) is 0 Å². The van der Waals surface area contributed by atoms with Gasteiger partial charge in [0.15, 0.2) is 17.2 Å².